The second kappa shape index (κ2) is 6.18. The molecule has 1 atom stereocenters. The molecule has 22 heavy (non-hydrogen) atoms. The molecule has 2 aromatic rings. The van der Waals surface area contributed by atoms with Gasteiger partial charge in [-0.3, -0.25) is 4.79 Å². The average molecular weight is 299 g/mol. The number of carbonyl (C=O) groups is 2. The lowest BCUT2D eigenvalue weighted by molar-refractivity contribution is 0.0314. The summed E-state index contributed by atoms with van der Waals surface area (Å²) in [5, 5.41) is 0. The van der Waals surface area contributed by atoms with E-state index in [9.17, 15) is 9.59 Å². The molecular weight excluding hydrogens is 278 g/mol. The van der Waals surface area contributed by atoms with Crippen LogP contribution in [-0.2, 0) is 10.2 Å². The van der Waals surface area contributed by atoms with Crippen LogP contribution in [0.1, 0.15) is 54.1 Å². The average Bonchev–Trinajstić information content (AvgIpc) is 3.00. The zero-order valence-corrected chi connectivity index (χ0v) is 13.3. The Morgan fingerprint density at radius 2 is 1.73 bits per heavy atom. The molecule has 0 aliphatic carbocycles. The molecule has 0 aliphatic rings. The van der Waals surface area contributed by atoms with Gasteiger partial charge in [0, 0.05) is 11.8 Å². The SMILES string of the molecule is C[C@@H](OC(=O)c1ccc[nH]1)C(=O)c1ccc(C(C)(C)C)cc1. The standard InChI is InChI=1S/C18H21NO3/c1-12(22-17(21)15-6-5-11-19-15)16(20)13-7-9-14(10-8-13)18(2,3)4/h5-12,19H,1-4H3/t12-/m1/s1. The Bertz CT molecular complexity index is 649. The quantitative estimate of drug-likeness (QED) is 0.691. The first kappa shape index (κ1) is 16.0. The number of H-pyrrole nitrogens is 1. The molecular formula is C18H21NO3. The molecule has 1 N–H and O–H groups in total. The topological polar surface area (TPSA) is 59.2 Å². The number of rotatable bonds is 4. The third-order valence-corrected chi connectivity index (χ3v) is 3.51. The molecule has 116 valence electrons. The maximum absolute atomic E-state index is 12.3. The minimum atomic E-state index is -0.823. The van der Waals surface area contributed by atoms with E-state index >= 15 is 0 Å². The highest BCUT2D eigenvalue weighted by molar-refractivity contribution is 6.01. The summed E-state index contributed by atoms with van der Waals surface area (Å²) in [6, 6.07) is 10.7. The van der Waals surface area contributed by atoms with Crippen LogP contribution in [0.5, 0.6) is 0 Å². The predicted molar refractivity (Wildman–Crippen MR) is 85.1 cm³/mol. The summed E-state index contributed by atoms with van der Waals surface area (Å²) in [4.78, 5) is 26.9. The number of ether oxygens (including phenoxy) is 1. The van der Waals surface area contributed by atoms with E-state index in [1.807, 2.05) is 12.1 Å². The van der Waals surface area contributed by atoms with Crippen LogP contribution in [0.4, 0.5) is 0 Å². The highest BCUT2D eigenvalue weighted by Gasteiger charge is 2.21. The molecule has 1 aromatic carbocycles. The van der Waals surface area contributed by atoms with Crippen molar-refractivity contribution in [1.29, 1.82) is 0 Å². The maximum atomic E-state index is 12.3. The van der Waals surface area contributed by atoms with E-state index in [2.05, 4.69) is 25.8 Å². The lowest BCUT2D eigenvalue weighted by Gasteiger charge is -2.19. The molecule has 0 aliphatic heterocycles. The molecule has 0 unspecified atom stereocenters. The molecule has 0 amide bonds. The van der Waals surface area contributed by atoms with Gasteiger partial charge in [0.05, 0.1) is 0 Å². The van der Waals surface area contributed by atoms with Crippen molar-refractivity contribution in [3.05, 3.63) is 59.4 Å². The number of nitrogens with one attached hydrogen (secondary N) is 1. The van der Waals surface area contributed by atoms with Gasteiger partial charge in [-0.15, -0.1) is 0 Å². The van der Waals surface area contributed by atoms with Crippen molar-refractivity contribution >= 4 is 11.8 Å². The first-order valence-corrected chi connectivity index (χ1v) is 7.28. The van der Waals surface area contributed by atoms with Gasteiger partial charge in [-0.25, -0.2) is 4.79 Å². The van der Waals surface area contributed by atoms with Crippen molar-refractivity contribution in [1.82, 2.24) is 4.98 Å². The van der Waals surface area contributed by atoms with Crippen LogP contribution in [0.3, 0.4) is 0 Å². The molecule has 0 radical (unpaired) electrons. The fraction of sp³-hybridized carbons (Fsp3) is 0.333. The van der Waals surface area contributed by atoms with Crippen molar-refractivity contribution in [2.24, 2.45) is 0 Å². The Hall–Kier alpha value is -2.36. The monoisotopic (exact) mass is 299 g/mol. The second-order valence-corrected chi connectivity index (χ2v) is 6.32. The third kappa shape index (κ3) is 3.64. The van der Waals surface area contributed by atoms with E-state index in [0.717, 1.165) is 5.56 Å². The lowest BCUT2D eigenvalue weighted by Crippen LogP contribution is -2.24. The van der Waals surface area contributed by atoms with Crippen LogP contribution in [0, 0.1) is 0 Å². The van der Waals surface area contributed by atoms with E-state index in [1.165, 1.54) is 0 Å². The minimum Gasteiger partial charge on any atom is -0.450 e. The molecule has 1 aromatic heterocycles. The summed E-state index contributed by atoms with van der Waals surface area (Å²) in [5.74, 6) is -0.738. The van der Waals surface area contributed by atoms with Crippen LogP contribution in [0.25, 0.3) is 0 Å². The fourth-order valence-electron chi connectivity index (χ4n) is 2.10. The number of carbonyl (C=O) groups excluding carboxylic acids is 2. The maximum Gasteiger partial charge on any atom is 0.355 e. The summed E-state index contributed by atoms with van der Waals surface area (Å²) >= 11 is 0. The number of hydrogen-bond donors (Lipinski definition) is 1. The van der Waals surface area contributed by atoms with Gasteiger partial charge in [-0.05, 0) is 30.0 Å². The van der Waals surface area contributed by atoms with Crippen molar-refractivity contribution < 1.29 is 14.3 Å². The summed E-state index contributed by atoms with van der Waals surface area (Å²) in [5.41, 5.74) is 2.07. The molecule has 4 nitrogen and oxygen atoms in total. The largest absolute Gasteiger partial charge is 0.450 e. The molecule has 0 saturated carbocycles. The number of aromatic nitrogens is 1. The van der Waals surface area contributed by atoms with Gasteiger partial charge in [-0.1, -0.05) is 45.0 Å². The normalized spacial score (nSPS) is 12.7. The van der Waals surface area contributed by atoms with Crippen LogP contribution in [0.2, 0.25) is 0 Å². The highest BCUT2D eigenvalue weighted by Crippen LogP contribution is 2.22. The van der Waals surface area contributed by atoms with E-state index < -0.39 is 12.1 Å². The lowest BCUT2D eigenvalue weighted by atomic mass is 9.86. The van der Waals surface area contributed by atoms with E-state index in [-0.39, 0.29) is 11.2 Å². The number of aromatic amines is 1. The van der Waals surface area contributed by atoms with Crippen molar-refractivity contribution in [3.8, 4) is 0 Å². The van der Waals surface area contributed by atoms with E-state index in [0.29, 0.717) is 11.3 Å². The number of Topliss-reactive ketones (excluding diaryl/α,β-unsaturated/α-hetero) is 1. The van der Waals surface area contributed by atoms with Crippen LogP contribution in [-0.4, -0.2) is 22.8 Å². The highest BCUT2D eigenvalue weighted by atomic mass is 16.5. The summed E-state index contributed by atoms with van der Waals surface area (Å²) in [6.45, 7) is 7.93. The molecule has 4 heteroatoms. The number of hydrogen-bond acceptors (Lipinski definition) is 3. The number of ketones is 1. The first-order chi connectivity index (χ1) is 10.3. The van der Waals surface area contributed by atoms with Crippen LogP contribution in [0.15, 0.2) is 42.6 Å². The zero-order valence-electron chi connectivity index (χ0n) is 13.3. The van der Waals surface area contributed by atoms with Gasteiger partial charge in [0.1, 0.15) is 5.69 Å². The Balaban J connectivity index is 2.06. The van der Waals surface area contributed by atoms with Gasteiger partial charge in [0.2, 0.25) is 5.78 Å². The summed E-state index contributed by atoms with van der Waals surface area (Å²) in [6.07, 6.45) is 0.810. The van der Waals surface area contributed by atoms with Crippen LogP contribution < -0.4 is 0 Å². The van der Waals surface area contributed by atoms with Gasteiger partial charge in [0.25, 0.3) is 0 Å². The molecule has 2 rings (SSSR count). The van der Waals surface area contributed by atoms with Gasteiger partial charge in [0.15, 0.2) is 6.10 Å². The van der Waals surface area contributed by atoms with E-state index in [4.69, 9.17) is 4.74 Å². The molecule has 1 heterocycles. The fourth-order valence-corrected chi connectivity index (χ4v) is 2.10. The number of benzene rings is 1. The van der Waals surface area contributed by atoms with Gasteiger partial charge >= 0.3 is 5.97 Å². The zero-order chi connectivity index (χ0) is 16.3. The van der Waals surface area contributed by atoms with Crippen LogP contribution >= 0.6 is 0 Å². The van der Waals surface area contributed by atoms with Crippen molar-refractivity contribution in [2.75, 3.05) is 0 Å². The van der Waals surface area contributed by atoms with E-state index in [1.54, 1.807) is 37.4 Å². The second-order valence-electron chi connectivity index (χ2n) is 6.32. The Morgan fingerprint density at radius 3 is 2.23 bits per heavy atom. The third-order valence-electron chi connectivity index (χ3n) is 3.51. The van der Waals surface area contributed by atoms with Gasteiger partial charge in [-0.2, -0.15) is 0 Å². The summed E-state index contributed by atoms with van der Waals surface area (Å²) in [7, 11) is 0. The molecule has 0 fully saturated rings. The van der Waals surface area contributed by atoms with Gasteiger partial charge < -0.3 is 9.72 Å². The Labute approximate surface area is 130 Å². The molecule has 0 saturated heterocycles. The summed E-state index contributed by atoms with van der Waals surface area (Å²) < 4.78 is 5.19. The van der Waals surface area contributed by atoms with Crippen molar-refractivity contribution in [3.63, 3.8) is 0 Å². The Kier molecular flexibility index (Phi) is 4.50. The molecule has 0 bridgehead atoms. The first-order valence-electron chi connectivity index (χ1n) is 7.28. The minimum absolute atomic E-state index is 0.0350. The predicted octanol–water partition coefficient (Wildman–Crippen LogP) is 3.74. The Morgan fingerprint density at radius 1 is 1.09 bits per heavy atom. The van der Waals surface area contributed by atoms with Crippen molar-refractivity contribution in [2.45, 2.75) is 39.2 Å². The number of esters is 1. The molecule has 0 spiro atoms. The smallest absolute Gasteiger partial charge is 0.355 e.